The Morgan fingerprint density at radius 2 is 1.38 bits per heavy atom. The number of carbonyl (C=O) groups is 1. The highest BCUT2D eigenvalue weighted by atomic mass is 32.2. The highest BCUT2D eigenvalue weighted by Crippen LogP contribution is 2.30. The normalized spacial score (nSPS) is 11.3. The van der Waals surface area contributed by atoms with Gasteiger partial charge >= 0.3 is 0 Å². The van der Waals surface area contributed by atoms with Crippen molar-refractivity contribution in [3.05, 3.63) is 60.7 Å². The average molecular weight is 363 g/mol. The Balaban J connectivity index is 1.96. The number of benzene rings is 2. The van der Waals surface area contributed by atoms with Crippen molar-refractivity contribution >= 4 is 17.5 Å². The van der Waals surface area contributed by atoms with E-state index < -0.39 is 0 Å². The lowest BCUT2D eigenvalue weighted by atomic mass is 9.92. The Morgan fingerprint density at radius 3 is 1.92 bits per heavy atom. The lowest BCUT2D eigenvalue weighted by Crippen LogP contribution is -2.22. The van der Waals surface area contributed by atoms with Gasteiger partial charge in [0.25, 0.3) is 0 Å². The number of carbonyl (C=O) groups excluding carboxylic acids is 1. The molecule has 0 spiro atoms. The van der Waals surface area contributed by atoms with Gasteiger partial charge in [-0.2, -0.15) is 0 Å². The third-order valence-corrected chi connectivity index (χ3v) is 4.77. The van der Waals surface area contributed by atoms with Crippen LogP contribution in [0, 0.1) is 5.41 Å². The Hall–Kier alpha value is -2.53. The molecule has 0 N–H and O–H groups in total. The zero-order valence-corrected chi connectivity index (χ0v) is 16.0. The van der Waals surface area contributed by atoms with E-state index in [1.54, 1.807) is 0 Å². The number of rotatable bonds is 5. The molecule has 5 heteroatoms. The molecule has 0 aliphatic rings. The number of thioether (sulfide) groups is 1. The van der Waals surface area contributed by atoms with Gasteiger partial charge < -0.3 is 0 Å². The molecule has 3 aromatic rings. The minimum Gasteiger partial charge on any atom is -0.298 e. The van der Waals surface area contributed by atoms with Crippen LogP contribution >= 0.6 is 11.8 Å². The van der Waals surface area contributed by atoms with Gasteiger partial charge in [0.05, 0.1) is 5.75 Å². The fourth-order valence-corrected chi connectivity index (χ4v) is 3.25. The molecule has 0 bridgehead atoms. The van der Waals surface area contributed by atoms with Gasteiger partial charge in [-0.05, 0) is 0 Å². The zero-order chi connectivity index (χ0) is 18.6. The van der Waals surface area contributed by atoms with Gasteiger partial charge in [0.1, 0.15) is 17.2 Å². The van der Waals surface area contributed by atoms with E-state index in [2.05, 4.69) is 10.2 Å². The SMILES string of the molecule is CC(C)(C)C(=O)CSc1nnc(-c2ccccc2)c(-c2ccccc2)n1. The molecule has 0 unspecified atom stereocenters. The summed E-state index contributed by atoms with van der Waals surface area (Å²) in [5.41, 5.74) is 3.09. The minimum absolute atomic E-state index is 0.166. The fourth-order valence-electron chi connectivity index (χ4n) is 2.31. The molecule has 0 atom stereocenters. The first-order valence-corrected chi connectivity index (χ1v) is 9.45. The van der Waals surface area contributed by atoms with Crippen molar-refractivity contribution in [3.8, 4) is 22.5 Å². The molecular weight excluding hydrogens is 342 g/mol. The molecule has 0 saturated heterocycles. The molecule has 3 rings (SSSR count). The van der Waals surface area contributed by atoms with E-state index in [9.17, 15) is 4.79 Å². The molecule has 132 valence electrons. The van der Waals surface area contributed by atoms with Gasteiger partial charge in [0.2, 0.25) is 5.16 Å². The van der Waals surface area contributed by atoms with Crippen LogP contribution in [0.5, 0.6) is 0 Å². The monoisotopic (exact) mass is 363 g/mol. The van der Waals surface area contributed by atoms with Crippen LogP contribution in [-0.4, -0.2) is 26.7 Å². The van der Waals surface area contributed by atoms with E-state index in [0.717, 1.165) is 22.5 Å². The van der Waals surface area contributed by atoms with Gasteiger partial charge in [-0.1, -0.05) is 93.2 Å². The molecule has 0 aliphatic heterocycles. The summed E-state index contributed by atoms with van der Waals surface area (Å²) >= 11 is 1.33. The maximum Gasteiger partial charge on any atom is 0.210 e. The minimum atomic E-state index is -0.368. The van der Waals surface area contributed by atoms with Gasteiger partial charge in [0, 0.05) is 16.5 Å². The number of nitrogens with zero attached hydrogens (tertiary/aromatic N) is 3. The van der Waals surface area contributed by atoms with E-state index in [-0.39, 0.29) is 11.2 Å². The second-order valence-electron chi connectivity index (χ2n) is 6.99. The summed E-state index contributed by atoms with van der Waals surface area (Å²) in [5, 5.41) is 9.18. The first-order valence-electron chi connectivity index (χ1n) is 8.47. The molecule has 0 fully saturated rings. The molecule has 26 heavy (non-hydrogen) atoms. The third-order valence-electron chi connectivity index (χ3n) is 3.93. The molecule has 2 aromatic carbocycles. The van der Waals surface area contributed by atoms with E-state index in [1.807, 2.05) is 81.4 Å². The second-order valence-corrected chi connectivity index (χ2v) is 7.93. The molecule has 1 aromatic heterocycles. The van der Waals surface area contributed by atoms with Gasteiger partial charge in [-0.3, -0.25) is 4.79 Å². The number of ketones is 1. The molecule has 0 amide bonds. The van der Waals surface area contributed by atoms with Gasteiger partial charge in [0.15, 0.2) is 0 Å². The van der Waals surface area contributed by atoms with Crippen molar-refractivity contribution in [2.75, 3.05) is 5.75 Å². The van der Waals surface area contributed by atoms with Gasteiger partial charge in [-0.15, -0.1) is 10.2 Å². The first kappa shape index (κ1) is 18.3. The molecule has 1 heterocycles. The summed E-state index contributed by atoms with van der Waals surface area (Å²) in [6.07, 6.45) is 0. The summed E-state index contributed by atoms with van der Waals surface area (Å²) in [4.78, 5) is 16.9. The Morgan fingerprint density at radius 1 is 0.846 bits per heavy atom. The number of aromatic nitrogens is 3. The fraction of sp³-hybridized carbons (Fsp3) is 0.238. The van der Waals surface area contributed by atoms with Gasteiger partial charge in [-0.25, -0.2) is 4.98 Å². The smallest absolute Gasteiger partial charge is 0.210 e. The van der Waals surface area contributed by atoms with Crippen LogP contribution in [0.15, 0.2) is 65.8 Å². The summed E-state index contributed by atoms with van der Waals surface area (Å²) < 4.78 is 0. The number of Topliss-reactive ketones (excluding diaryl/α,β-unsaturated/α-hetero) is 1. The molecular formula is C21H21N3OS. The topological polar surface area (TPSA) is 55.7 Å². The number of hydrogen-bond donors (Lipinski definition) is 0. The van der Waals surface area contributed by atoms with Crippen molar-refractivity contribution in [2.45, 2.75) is 25.9 Å². The summed E-state index contributed by atoms with van der Waals surface area (Å²) in [6, 6.07) is 19.8. The summed E-state index contributed by atoms with van der Waals surface area (Å²) in [5.74, 6) is 0.504. The van der Waals surface area contributed by atoms with Crippen molar-refractivity contribution in [1.82, 2.24) is 15.2 Å². The standard InChI is InChI=1S/C21H21N3OS/c1-21(2,3)17(25)14-26-20-22-18(15-10-6-4-7-11-15)19(23-24-20)16-12-8-5-9-13-16/h4-13H,14H2,1-3H3. The van der Waals surface area contributed by atoms with Crippen LogP contribution in [0.4, 0.5) is 0 Å². The second kappa shape index (κ2) is 7.79. The Bertz CT molecular complexity index is 890. The Labute approximate surface area is 158 Å². The average Bonchev–Trinajstić information content (AvgIpc) is 2.66. The highest BCUT2D eigenvalue weighted by molar-refractivity contribution is 7.99. The largest absolute Gasteiger partial charge is 0.298 e. The zero-order valence-electron chi connectivity index (χ0n) is 15.1. The van der Waals surface area contributed by atoms with Crippen molar-refractivity contribution in [2.24, 2.45) is 5.41 Å². The lowest BCUT2D eigenvalue weighted by molar-refractivity contribution is -0.123. The summed E-state index contributed by atoms with van der Waals surface area (Å²) in [7, 11) is 0. The number of hydrogen-bond acceptors (Lipinski definition) is 5. The third kappa shape index (κ3) is 4.35. The molecule has 0 radical (unpaired) electrons. The van der Waals surface area contributed by atoms with Crippen molar-refractivity contribution in [3.63, 3.8) is 0 Å². The maximum atomic E-state index is 12.2. The van der Waals surface area contributed by atoms with E-state index in [4.69, 9.17) is 4.98 Å². The quantitative estimate of drug-likeness (QED) is 0.603. The van der Waals surface area contributed by atoms with E-state index in [1.165, 1.54) is 11.8 Å². The van der Waals surface area contributed by atoms with Crippen LogP contribution in [0.25, 0.3) is 22.5 Å². The molecule has 0 aliphatic carbocycles. The highest BCUT2D eigenvalue weighted by Gasteiger charge is 2.22. The lowest BCUT2D eigenvalue weighted by Gasteiger charge is -2.15. The molecule has 0 saturated carbocycles. The predicted molar refractivity (Wildman–Crippen MR) is 106 cm³/mol. The van der Waals surface area contributed by atoms with Crippen LogP contribution < -0.4 is 0 Å². The Kier molecular flexibility index (Phi) is 5.47. The van der Waals surface area contributed by atoms with Crippen LogP contribution in [-0.2, 0) is 4.79 Å². The van der Waals surface area contributed by atoms with E-state index in [0.29, 0.717) is 10.9 Å². The van der Waals surface area contributed by atoms with E-state index >= 15 is 0 Å². The van der Waals surface area contributed by atoms with Crippen molar-refractivity contribution < 1.29 is 4.79 Å². The molecule has 4 nitrogen and oxygen atoms in total. The van der Waals surface area contributed by atoms with Crippen LogP contribution in [0.2, 0.25) is 0 Å². The predicted octanol–water partition coefficient (Wildman–Crippen LogP) is 4.91. The summed E-state index contributed by atoms with van der Waals surface area (Å²) in [6.45, 7) is 5.76. The maximum absolute atomic E-state index is 12.2. The van der Waals surface area contributed by atoms with Crippen LogP contribution in [0.1, 0.15) is 20.8 Å². The van der Waals surface area contributed by atoms with Crippen molar-refractivity contribution in [1.29, 1.82) is 0 Å². The first-order chi connectivity index (χ1) is 12.4. The van der Waals surface area contributed by atoms with Crippen LogP contribution in [0.3, 0.4) is 0 Å².